The summed E-state index contributed by atoms with van der Waals surface area (Å²) in [7, 11) is 0. The third-order valence-electron chi connectivity index (χ3n) is 6.72. The van der Waals surface area contributed by atoms with Crippen molar-refractivity contribution < 1.29 is 9.59 Å². The molecule has 0 aromatic carbocycles. The van der Waals surface area contributed by atoms with Gasteiger partial charge in [-0.25, -0.2) is 4.79 Å². The number of carbonyl (C=O) groups is 2. The van der Waals surface area contributed by atoms with E-state index in [2.05, 4.69) is 4.98 Å². The highest BCUT2D eigenvalue weighted by Gasteiger charge is 2.35. The van der Waals surface area contributed by atoms with Gasteiger partial charge in [0.15, 0.2) is 5.69 Å². The molecule has 1 aromatic heterocycles. The van der Waals surface area contributed by atoms with Crippen LogP contribution in [0, 0.1) is 5.92 Å². The van der Waals surface area contributed by atoms with Crippen molar-refractivity contribution in [2.45, 2.75) is 78.3 Å². The molecule has 1 atom stereocenters. The number of rotatable bonds is 9. The molecule has 3 N–H and O–H groups in total. The largest absolute Gasteiger partial charge is 0.383 e. The average molecular weight is 477 g/mol. The van der Waals surface area contributed by atoms with E-state index in [0.717, 1.165) is 51.6 Å². The minimum Gasteiger partial charge on any atom is -0.383 e. The molecule has 1 unspecified atom stereocenters. The predicted molar refractivity (Wildman–Crippen MR) is 133 cm³/mol. The summed E-state index contributed by atoms with van der Waals surface area (Å²) >= 11 is 0. The Balaban J connectivity index is 1.89. The summed E-state index contributed by atoms with van der Waals surface area (Å²) < 4.78 is 1.33. The van der Waals surface area contributed by atoms with Gasteiger partial charge in [-0.1, -0.05) is 33.6 Å². The molecule has 3 rings (SSSR count). The van der Waals surface area contributed by atoms with Crippen LogP contribution in [0.15, 0.2) is 9.59 Å². The summed E-state index contributed by atoms with van der Waals surface area (Å²) in [4.78, 5) is 59.6. The van der Waals surface area contributed by atoms with E-state index in [1.807, 2.05) is 30.6 Å². The first-order valence-electron chi connectivity index (χ1n) is 12.7. The quantitative estimate of drug-likeness (QED) is 0.555. The minimum absolute atomic E-state index is 0.00948. The van der Waals surface area contributed by atoms with Gasteiger partial charge in [0.25, 0.3) is 5.56 Å². The zero-order valence-corrected chi connectivity index (χ0v) is 20.8. The van der Waals surface area contributed by atoms with Crippen LogP contribution in [0.1, 0.15) is 65.7 Å². The molecule has 0 saturated carbocycles. The molecule has 1 aromatic rings. The zero-order chi connectivity index (χ0) is 24.8. The highest BCUT2D eigenvalue weighted by molar-refractivity contribution is 5.97. The lowest BCUT2D eigenvalue weighted by Gasteiger charge is -2.37. The molecule has 0 radical (unpaired) electrons. The van der Waals surface area contributed by atoms with Crippen molar-refractivity contribution in [2.75, 3.05) is 43.4 Å². The molecule has 2 aliphatic rings. The van der Waals surface area contributed by atoms with Gasteiger partial charge >= 0.3 is 5.69 Å². The fraction of sp³-hybridized carbons (Fsp3) is 0.750. The number of aromatic nitrogens is 2. The number of amides is 2. The molecule has 0 bridgehead atoms. The number of likely N-dealkylation sites (tertiary alicyclic amines) is 2. The summed E-state index contributed by atoms with van der Waals surface area (Å²) in [5.41, 5.74) is 5.10. The number of nitrogens with one attached hydrogen (secondary N) is 1. The van der Waals surface area contributed by atoms with Gasteiger partial charge in [-0.3, -0.25) is 28.8 Å². The molecular formula is C24H40N6O4. The third-order valence-corrected chi connectivity index (χ3v) is 6.72. The van der Waals surface area contributed by atoms with Crippen LogP contribution in [0.2, 0.25) is 0 Å². The Kier molecular flexibility index (Phi) is 8.93. The molecule has 2 amide bonds. The Bertz CT molecular complexity index is 979. The molecule has 3 heterocycles. The van der Waals surface area contributed by atoms with Crippen molar-refractivity contribution in [3.05, 3.63) is 20.8 Å². The maximum absolute atomic E-state index is 13.6. The Hall–Kier alpha value is -2.62. The summed E-state index contributed by atoms with van der Waals surface area (Å²) in [5.74, 6) is -0.0334. The molecular weight excluding hydrogens is 436 g/mol. The molecule has 10 heteroatoms. The second-order valence-corrected chi connectivity index (χ2v) is 9.91. The van der Waals surface area contributed by atoms with E-state index in [9.17, 15) is 19.2 Å². The van der Waals surface area contributed by atoms with Crippen molar-refractivity contribution in [3.63, 3.8) is 0 Å². The van der Waals surface area contributed by atoms with E-state index >= 15 is 0 Å². The van der Waals surface area contributed by atoms with Crippen LogP contribution in [0.3, 0.4) is 0 Å². The second-order valence-electron chi connectivity index (χ2n) is 9.91. The van der Waals surface area contributed by atoms with Gasteiger partial charge in [-0.05, 0) is 44.6 Å². The Labute approximate surface area is 201 Å². The third kappa shape index (κ3) is 5.89. The van der Waals surface area contributed by atoms with Gasteiger partial charge < -0.3 is 15.5 Å². The Morgan fingerprint density at radius 2 is 1.79 bits per heavy atom. The first kappa shape index (κ1) is 26.0. The summed E-state index contributed by atoms with van der Waals surface area (Å²) in [5, 5.41) is 0. The number of H-pyrrole nitrogens is 1. The summed E-state index contributed by atoms with van der Waals surface area (Å²) in [6, 6.07) is -0.311. The van der Waals surface area contributed by atoms with Crippen LogP contribution in [-0.4, -0.2) is 69.9 Å². The summed E-state index contributed by atoms with van der Waals surface area (Å²) in [6.07, 6.45) is 6.18. The number of aromatic amines is 1. The van der Waals surface area contributed by atoms with Crippen molar-refractivity contribution in [1.82, 2.24) is 19.4 Å². The van der Waals surface area contributed by atoms with Crippen molar-refractivity contribution in [3.8, 4) is 0 Å². The van der Waals surface area contributed by atoms with Gasteiger partial charge in [-0.2, -0.15) is 0 Å². The molecule has 0 aliphatic carbocycles. The fourth-order valence-corrected chi connectivity index (χ4v) is 4.93. The summed E-state index contributed by atoms with van der Waals surface area (Å²) in [6.45, 7) is 8.82. The monoisotopic (exact) mass is 476 g/mol. The van der Waals surface area contributed by atoms with E-state index in [1.54, 1.807) is 0 Å². The molecule has 34 heavy (non-hydrogen) atoms. The van der Waals surface area contributed by atoms with E-state index in [0.29, 0.717) is 26.1 Å². The number of carbonyl (C=O) groups excluding carboxylic acids is 2. The van der Waals surface area contributed by atoms with Crippen LogP contribution < -0.4 is 21.9 Å². The fourth-order valence-electron chi connectivity index (χ4n) is 4.93. The molecule has 0 spiro atoms. The number of hydrogen-bond acceptors (Lipinski definition) is 6. The number of nitrogen functional groups attached to an aromatic ring is 1. The highest BCUT2D eigenvalue weighted by Crippen LogP contribution is 2.23. The van der Waals surface area contributed by atoms with E-state index < -0.39 is 11.2 Å². The van der Waals surface area contributed by atoms with Crippen LogP contribution in [0.5, 0.6) is 0 Å². The first-order chi connectivity index (χ1) is 16.2. The number of nitrogens with two attached hydrogens (primary N) is 1. The van der Waals surface area contributed by atoms with E-state index in [4.69, 9.17) is 5.73 Å². The van der Waals surface area contributed by atoms with E-state index in [-0.39, 0.29) is 41.8 Å². The highest BCUT2D eigenvalue weighted by atomic mass is 16.2. The van der Waals surface area contributed by atoms with Crippen molar-refractivity contribution in [1.29, 1.82) is 0 Å². The molecule has 2 aliphatic heterocycles. The lowest BCUT2D eigenvalue weighted by Crippen LogP contribution is -2.54. The number of anilines is 2. The zero-order valence-electron chi connectivity index (χ0n) is 20.8. The van der Waals surface area contributed by atoms with Gasteiger partial charge in [0.2, 0.25) is 11.8 Å². The standard InChI is InChI=1S/C24H40N6O4/c1-4-5-14-29(20-21(25)30(15-17(2)3)24(34)26-22(20)32)19(31)16-28-13-7-6-10-18(28)23(33)27-11-8-9-12-27/h17-18H,4-16,25H2,1-3H3,(H,26,32,34). The minimum atomic E-state index is -0.657. The Morgan fingerprint density at radius 1 is 1.12 bits per heavy atom. The number of piperidine rings is 1. The lowest BCUT2D eigenvalue weighted by atomic mass is 10.0. The normalized spacial score (nSPS) is 19.1. The van der Waals surface area contributed by atoms with Crippen LogP contribution >= 0.6 is 0 Å². The van der Waals surface area contributed by atoms with Crippen molar-refractivity contribution in [2.24, 2.45) is 5.92 Å². The number of hydrogen-bond donors (Lipinski definition) is 2. The second kappa shape index (κ2) is 11.7. The van der Waals surface area contributed by atoms with Crippen LogP contribution in [0.25, 0.3) is 0 Å². The predicted octanol–water partition coefficient (Wildman–Crippen LogP) is 1.38. The molecule has 10 nitrogen and oxygen atoms in total. The Morgan fingerprint density at radius 3 is 2.44 bits per heavy atom. The maximum atomic E-state index is 13.6. The first-order valence-corrected chi connectivity index (χ1v) is 12.7. The average Bonchev–Trinajstić information content (AvgIpc) is 3.33. The molecule has 2 fully saturated rings. The smallest absolute Gasteiger partial charge is 0.330 e. The van der Waals surface area contributed by atoms with Crippen molar-refractivity contribution >= 4 is 23.3 Å². The van der Waals surface area contributed by atoms with Gasteiger partial charge in [-0.15, -0.1) is 0 Å². The van der Waals surface area contributed by atoms with Gasteiger partial charge in [0.05, 0.1) is 12.6 Å². The maximum Gasteiger partial charge on any atom is 0.330 e. The van der Waals surface area contributed by atoms with Crippen LogP contribution in [0.4, 0.5) is 11.5 Å². The molecule has 190 valence electrons. The number of unbranched alkanes of at least 4 members (excludes halogenated alkanes) is 1. The topological polar surface area (TPSA) is 125 Å². The SMILES string of the molecule is CCCCN(C(=O)CN1CCCCC1C(=O)N1CCCC1)c1c(N)n(CC(C)C)c(=O)[nH]c1=O. The number of nitrogens with zero attached hydrogens (tertiary/aromatic N) is 4. The molecule has 2 saturated heterocycles. The van der Waals surface area contributed by atoms with Gasteiger partial charge in [0.1, 0.15) is 5.82 Å². The van der Waals surface area contributed by atoms with Crippen LogP contribution in [-0.2, 0) is 16.1 Å². The van der Waals surface area contributed by atoms with E-state index in [1.165, 1.54) is 9.47 Å². The van der Waals surface area contributed by atoms with Gasteiger partial charge in [0, 0.05) is 26.2 Å². The lowest BCUT2D eigenvalue weighted by molar-refractivity contribution is -0.138.